The average Bonchev–Trinajstić information content (AvgIpc) is 3.34. The molecule has 1 N–H and O–H groups in total. The van der Waals surface area contributed by atoms with Crippen molar-refractivity contribution in [1.82, 2.24) is 4.31 Å². The normalized spacial score (nSPS) is 14.0. The number of nitrogens with zero attached hydrogens (tertiary/aromatic N) is 2. The summed E-state index contributed by atoms with van der Waals surface area (Å²) in [6.45, 7) is -0.0979. The largest absolute Gasteiger partial charge is 0.495 e. The molecule has 2 aromatic rings. The van der Waals surface area contributed by atoms with Gasteiger partial charge in [0.2, 0.25) is 10.0 Å². The molecule has 1 heterocycles. The lowest BCUT2D eigenvalue weighted by Gasteiger charge is -2.18. The van der Waals surface area contributed by atoms with Gasteiger partial charge >= 0.3 is 5.97 Å². The second kappa shape index (κ2) is 9.92. The highest BCUT2D eigenvalue weighted by atomic mass is 32.2. The van der Waals surface area contributed by atoms with Crippen molar-refractivity contribution in [2.45, 2.75) is 17.7 Å². The summed E-state index contributed by atoms with van der Waals surface area (Å²) in [7, 11) is -2.60. The van der Waals surface area contributed by atoms with Gasteiger partial charge in [0.15, 0.2) is 6.61 Å². The molecule has 1 amide bonds. The molecule has 0 spiro atoms. The number of nitro benzene ring substituents is 1. The minimum Gasteiger partial charge on any atom is -0.495 e. The Morgan fingerprint density at radius 3 is 2.52 bits per heavy atom. The summed E-state index contributed by atoms with van der Waals surface area (Å²) >= 11 is 0. The maximum atomic E-state index is 13.2. The van der Waals surface area contributed by atoms with Crippen LogP contribution in [0.5, 0.6) is 5.75 Å². The molecule has 0 aromatic heterocycles. The molecule has 176 valence electrons. The molecule has 0 unspecified atom stereocenters. The molecule has 0 atom stereocenters. The van der Waals surface area contributed by atoms with E-state index in [-0.39, 0.29) is 21.9 Å². The van der Waals surface area contributed by atoms with E-state index in [0.717, 1.165) is 31.0 Å². The smallest absolute Gasteiger partial charge is 0.338 e. The molecule has 1 saturated heterocycles. The van der Waals surface area contributed by atoms with E-state index in [1.165, 1.54) is 23.5 Å². The maximum absolute atomic E-state index is 13.2. The zero-order chi connectivity index (χ0) is 24.2. The zero-order valence-electron chi connectivity index (χ0n) is 17.4. The Morgan fingerprint density at radius 1 is 1.18 bits per heavy atom. The first kappa shape index (κ1) is 24.1. The number of methoxy groups -OCH3 is 1. The summed E-state index contributed by atoms with van der Waals surface area (Å²) < 4.78 is 50.4. The van der Waals surface area contributed by atoms with Gasteiger partial charge in [-0.3, -0.25) is 14.9 Å². The summed E-state index contributed by atoms with van der Waals surface area (Å²) in [4.78, 5) is 34.4. The molecule has 2 aromatic carbocycles. The fourth-order valence-corrected chi connectivity index (χ4v) is 4.93. The summed E-state index contributed by atoms with van der Waals surface area (Å²) in [6, 6.07) is 6.27. The first-order valence-corrected chi connectivity index (χ1v) is 11.2. The second-order valence-electron chi connectivity index (χ2n) is 7.02. The van der Waals surface area contributed by atoms with Gasteiger partial charge < -0.3 is 14.8 Å². The molecular weight excluding hydrogens is 461 g/mol. The summed E-state index contributed by atoms with van der Waals surface area (Å²) in [5.74, 6) is -2.69. The van der Waals surface area contributed by atoms with Crippen molar-refractivity contribution in [1.29, 1.82) is 0 Å². The third kappa shape index (κ3) is 5.43. The number of nitro groups is 1. The Hall–Kier alpha value is -3.58. The van der Waals surface area contributed by atoms with Crippen molar-refractivity contribution >= 4 is 33.3 Å². The van der Waals surface area contributed by atoms with E-state index >= 15 is 0 Å². The Morgan fingerprint density at radius 2 is 1.88 bits per heavy atom. The number of rotatable bonds is 8. The van der Waals surface area contributed by atoms with Gasteiger partial charge in [0, 0.05) is 13.1 Å². The van der Waals surface area contributed by atoms with E-state index in [4.69, 9.17) is 9.47 Å². The summed E-state index contributed by atoms with van der Waals surface area (Å²) in [5.41, 5.74) is -1.07. The van der Waals surface area contributed by atoms with E-state index in [0.29, 0.717) is 19.2 Å². The van der Waals surface area contributed by atoms with E-state index in [1.807, 2.05) is 0 Å². The van der Waals surface area contributed by atoms with Crippen LogP contribution in [-0.2, 0) is 19.6 Å². The Bertz CT molecular complexity index is 1200. The molecule has 3 rings (SSSR count). The number of halogens is 1. The first-order valence-electron chi connectivity index (χ1n) is 9.72. The molecule has 13 heteroatoms. The lowest BCUT2D eigenvalue weighted by molar-refractivity contribution is -0.384. The molecule has 0 radical (unpaired) electrons. The van der Waals surface area contributed by atoms with Gasteiger partial charge in [-0.15, -0.1) is 0 Å². The van der Waals surface area contributed by atoms with Crippen molar-refractivity contribution in [3.05, 3.63) is 57.9 Å². The molecule has 0 aliphatic carbocycles. The van der Waals surface area contributed by atoms with Crippen molar-refractivity contribution in [2.24, 2.45) is 0 Å². The first-order chi connectivity index (χ1) is 15.6. The number of nitrogens with one attached hydrogen (secondary N) is 1. The molecule has 1 aliphatic rings. The minimum absolute atomic E-state index is 0.0554. The monoisotopic (exact) mass is 481 g/mol. The van der Waals surface area contributed by atoms with Crippen LogP contribution >= 0.6 is 0 Å². The molecular formula is C20H20FN3O8S. The van der Waals surface area contributed by atoms with Crippen molar-refractivity contribution in [3.63, 3.8) is 0 Å². The van der Waals surface area contributed by atoms with Gasteiger partial charge in [0.1, 0.15) is 22.1 Å². The van der Waals surface area contributed by atoms with Crippen LogP contribution in [0.4, 0.5) is 15.8 Å². The molecule has 1 fully saturated rings. The average molecular weight is 481 g/mol. The van der Waals surface area contributed by atoms with Gasteiger partial charge in [-0.1, -0.05) is 0 Å². The van der Waals surface area contributed by atoms with E-state index in [1.54, 1.807) is 0 Å². The lowest BCUT2D eigenvalue weighted by atomic mass is 10.2. The van der Waals surface area contributed by atoms with Gasteiger partial charge in [-0.2, -0.15) is 4.31 Å². The number of hydrogen-bond acceptors (Lipinski definition) is 8. The SMILES string of the molecule is COc1ccc(C(=O)OCC(=O)Nc2ccc(F)cc2[N+](=O)[O-])cc1S(=O)(=O)N1CCCC1. The molecule has 33 heavy (non-hydrogen) atoms. The number of anilines is 1. The number of sulfonamides is 1. The van der Waals surface area contributed by atoms with Crippen LogP contribution in [0.1, 0.15) is 23.2 Å². The van der Waals surface area contributed by atoms with Crippen LogP contribution in [0.25, 0.3) is 0 Å². The molecule has 0 saturated carbocycles. The van der Waals surface area contributed by atoms with Gasteiger partial charge in [0.05, 0.1) is 23.7 Å². The van der Waals surface area contributed by atoms with Gasteiger partial charge in [0.25, 0.3) is 11.6 Å². The number of benzene rings is 2. The fourth-order valence-electron chi connectivity index (χ4n) is 3.24. The fraction of sp³-hybridized carbons (Fsp3) is 0.300. The standard InChI is InChI=1S/C20H20FN3O8S/c1-31-17-7-4-13(10-18(17)33(29,30)23-8-2-3-9-23)20(26)32-12-19(25)22-15-6-5-14(21)11-16(15)24(27)28/h4-7,10-11H,2-3,8-9,12H2,1H3,(H,22,25). The van der Waals surface area contributed by atoms with Crippen LogP contribution in [0.2, 0.25) is 0 Å². The quantitative estimate of drug-likeness (QED) is 0.343. The van der Waals surface area contributed by atoms with Crippen LogP contribution in [0.15, 0.2) is 41.3 Å². The van der Waals surface area contributed by atoms with Gasteiger partial charge in [-0.25, -0.2) is 17.6 Å². The van der Waals surface area contributed by atoms with E-state index in [2.05, 4.69) is 5.32 Å². The highest BCUT2D eigenvalue weighted by Gasteiger charge is 2.31. The van der Waals surface area contributed by atoms with E-state index in [9.17, 15) is 32.5 Å². The third-order valence-electron chi connectivity index (χ3n) is 4.85. The molecule has 0 bridgehead atoms. The number of ether oxygens (including phenoxy) is 2. The van der Waals surface area contributed by atoms with Crippen molar-refractivity contribution in [3.8, 4) is 5.75 Å². The minimum atomic E-state index is -3.90. The number of carbonyl (C=O) groups excluding carboxylic acids is 2. The zero-order valence-corrected chi connectivity index (χ0v) is 18.3. The van der Waals surface area contributed by atoms with Gasteiger partial charge in [-0.05, 0) is 43.2 Å². The lowest BCUT2D eigenvalue weighted by Crippen LogP contribution is -2.28. The highest BCUT2D eigenvalue weighted by Crippen LogP contribution is 2.30. The van der Waals surface area contributed by atoms with Crippen LogP contribution in [0.3, 0.4) is 0 Å². The molecule has 11 nitrogen and oxygen atoms in total. The predicted molar refractivity (Wildman–Crippen MR) is 113 cm³/mol. The number of carbonyl (C=O) groups is 2. The Balaban J connectivity index is 1.72. The topological polar surface area (TPSA) is 145 Å². The maximum Gasteiger partial charge on any atom is 0.338 e. The molecule has 1 aliphatic heterocycles. The summed E-state index contributed by atoms with van der Waals surface area (Å²) in [6.07, 6.45) is 1.45. The highest BCUT2D eigenvalue weighted by molar-refractivity contribution is 7.89. The predicted octanol–water partition coefficient (Wildman–Crippen LogP) is 2.32. The van der Waals surface area contributed by atoms with Crippen molar-refractivity contribution < 1.29 is 36.8 Å². The Kier molecular flexibility index (Phi) is 7.23. The summed E-state index contributed by atoms with van der Waals surface area (Å²) in [5, 5.41) is 13.2. The number of hydrogen-bond donors (Lipinski definition) is 1. The van der Waals surface area contributed by atoms with E-state index < -0.39 is 44.9 Å². The third-order valence-corrected chi connectivity index (χ3v) is 6.77. The second-order valence-corrected chi connectivity index (χ2v) is 8.93. The van der Waals surface area contributed by atoms with Crippen molar-refractivity contribution in [2.75, 3.05) is 32.1 Å². The van der Waals surface area contributed by atoms with Crippen LogP contribution in [0, 0.1) is 15.9 Å². The number of amides is 1. The number of esters is 1. The van der Waals surface area contributed by atoms with Crippen LogP contribution in [-0.4, -0.2) is 56.3 Å². The Labute approximate surface area is 188 Å². The van der Waals surface area contributed by atoms with Crippen LogP contribution < -0.4 is 10.1 Å².